The third-order valence-electron chi connectivity index (χ3n) is 3.38. The highest BCUT2D eigenvalue weighted by molar-refractivity contribution is 9.10. The Morgan fingerprint density at radius 2 is 1.87 bits per heavy atom. The van der Waals surface area contributed by atoms with E-state index in [0.29, 0.717) is 23.1 Å². The van der Waals surface area contributed by atoms with Crippen LogP contribution in [0.3, 0.4) is 0 Å². The summed E-state index contributed by atoms with van der Waals surface area (Å²) in [5.74, 6) is 0.391. The van der Waals surface area contributed by atoms with E-state index in [1.54, 1.807) is 18.2 Å². The SMILES string of the molecule is O=C(CCc1nc2ccccc2c(=O)[nH]1)Nc1ccc(Br)cc1. The van der Waals surface area contributed by atoms with E-state index in [0.717, 1.165) is 10.2 Å². The summed E-state index contributed by atoms with van der Waals surface area (Å²) in [6.45, 7) is 0. The van der Waals surface area contributed by atoms with Crippen LogP contribution in [0, 0.1) is 0 Å². The summed E-state index contributed by atoms with van der Waals surface area (Å²) in [6.07, 6.45) is 0.625. The first-order chi connectivity index (χ1) is 11.1. The van der Waals surface area contributed by atoms with Gasteiger partial charge in [-0.3, -0.25) is 9.59 Å². The molecule has 0 aliphatic carbocycles. The molecular weight excluding hydrogens is 358 g/mol. The lowest BCUT2D eigenvalue weighted by atomic mass is 10.2. The van der Waals surface area contributed by atoms with E-state index >= 15 is 0 Å². The minimum absolute atomic E-state index is 0.122. The maximum absolute atomic E-state index is 12.0. The van der Waals surface area contributed by atoms with Crippen molar-refractivity contribution in [3.8, 4) is 0 Å². The van der Waals surface area contributed by atoms with Crippen molar-refractivity contribution in [3.05, 3.63) is 69.2 Å². The van der Waals surface area contributed by atoms with Gasteiger partial charge in [0.05, 0.1) is 10.9 Å². The molecule has 0 saturated carbocycles. The molecule has 1 aromatic heterocycles. The predicted octanol–water partition coefficient (Wildman–Crippen LogP) is 3.26. The normalized spacial score (nSPS) is 10.7. The number of halogens is 1. The van der Waals surface area contributed by atoms with E-state index in [-0.39, 0.29) is 17.9 Å². The molecular formula is C17H14BrN3O2. The lowest BCUT2D eigenvalue weighted by Crippen LogP contribution is -2.16. The molecule has 6 heteroatoms. The van der Waals surface area contributed by atoms with Gasteiger partial charge in [-0.25, -0.2) is 4.98 Å². The van der Waals surface area contributed by atoms with Crippen LogP contribution in [0.1, 0.15) is 12.2 Å². The van der Waals surface area contributed by atoms with Gasteiger partial charge in [-0.1, -0.05) is 28.1 Å². The fraction of sp³-hybridized carbons (Fsp3) is 0.118. The van der Waals surface area contributed by atoms with E-state index in [9.17, 15) is 9.59 Å². The van der Waals surface area contributed by atoms with Gasteiger partial charge in [0.25, 0.3) is 5.56 Å². The lowest BCUT2D eigenvalue weighted by Gasteiger charge is -2.06. The monoisotopic (exact) mass is 371 g/mol. The summed E-state index contributed by atoms with van der Waals surface area (Å²) in [7, 11) is 0. The zero-order valence-corrected chi connectivity index (χ0v) is 13.8. The molecule has 23 heavy (non-hydrogen) atoms. The number of anilines is 1. The molecule has 0 spiro atoms. The Bertz CT molecular complexity index is 904. The maximum atomic E-state index is 12.0. The van der Waals surface area contributed by atoms with E-state index in [1.807, 2.05) is 30.3 Å². The van der Waals surface area contributed by atoms with E-state index in [2.05, 4.69) is 31.2 Å². The lowest BCUT2D eigenvalue weighted by molar-refractivity contribution is -0.116. The van der Waals surface area contributed by atoms with Crippen molar-refractivity contribution in [3.63, 3.8) is 0 Å². The molecule has 0 aliphatic heterocycles. The fourth-order valence-corrected chi connectivity index (χ4v) is 2.51. The largest absolute Gasteiger partial charge is 0.326 e. The number of aryl methyl sites for hydroxylation is 1. The Kier molecular flexibility index (Phi) is 4.52. The number of nitrogens with one attached hydrogen (secondary N) is 2. The Balaban J connectivity index is 1.67. The van der Waals surface area contributed by atoms with Crippen LogP contribution in [0.4, 0.5) is 5.69 Å². The smallest absolute Gasteiger partial charge is 0.258 e. The molecule has 5 nitrogen and oxygen atoms in total. The molecule has 1 amide bonds. The first-order valence-corrected chi connectivity index (χ1v) is 7.94. The summed E-state index contributed by atoms with van der Waals surface area (Å²) >= 11 is 3.34. The van der Waals surface area contributed by atoms with Gasteiger partial charge >= 0.3 is 0 Å². The number of hydrogen-bond acceptors (Lipinski definition) is 3. The van der Waals surface area contributed by atoms with Gasteiger partial charge in [0.1, 0.15) is 5.82 Å². The second-order valence-corrected chi connectivity index (χ2v) is 6.00. The van der Waals surface area contributed by atoms with E-state index in [1.165, 1.54) is 0 Å². The highest BCUT2D eigenvalue weighted by Gasteiger charge is 2.07. The number of aromatic amines is 1. The minimum atomic E-state index is -0.182. The molecule has 0 atom stereocenters. The number of nitrogens with zero attached hydrogens (tertiary/aromatic N) is 1. The Hall–Kier alpha value is -2.47. The van der Waals surface area contributed by atoms with E-state index < -0.39 is 0 Å². The van der Waals surface area contributed by atoms with Gasteiger partial charge in [-0.05, 0) is 36.4 Å². The highest BCUT2D eigenvalue weighted by atomic mass is 79.9. The average Bonchev–Trinajstić information content (AvgIpc) is 2.55. The van der Waals surface area contributed by atoms with Crippen molar-refractivity contribution in [2.45, 2.75) is 12.8 Å². The number of amides is 1. The molecule has 0 fully saturated rings. The topological polar surface area (TPSA) is 74.8 Å². The summed E-state index contributed by atoms with van der Waals surface area (Å²) < 4.78 is 0.952. The molecule has 3 rings (SSSR count). The van der Waals surface area contributed by atoms with Crippen molar-refractivity contribution in [2.75, 3.05) is 5.32 Å². The number of carbonyl (C=O) groups excluding carboxylic acids is 1. The molecule has 0 aliphatic rings. The zero-order chi connectivity index (χ0) is 16.2. The number of fused-ring (bicyclic) bond motifs is 1. The third kappa shape index (κ3) is 3.84. The van der Waals surface area contributed by atoms with Gasteiger partial charge in [0, 0.05) is 23.0 Å². The number of rotatable bonds is 4. The third-order valence-corrected chi connectivity index (χ3v) is 3.91. The van der Waals surface area contributed by atoms with Crippen LogP contribution in [-0.2, 0) is 11.2 Å². The van der Waals surface area contributed by atoms with Crippen LogP contribution in [0.15, 0.2) is 57.8 Å². The summed E-state index contributed by atoms with van der Waals surface area (Å²) in [6, 6.07) is 14.5. The summed E-state index contributed by atoms with van der Waals surface area (Å²) in [4.78, 5) is 31.1. The van der Waals surface area contributed by atoms with Crippen molar-refractivity contribution < 1.29 is 4.79 Å². The van der Waals surface area contributed by atoms with Crippen LogP contribution in [-0.4, -0.2) is 15.9 Å². The molecule has 2 N–H and O–H groups in total. The van der Waals surface area contributed by atoms with Crippen molar-refractivity contribution >= 4 is 38.4 Å². The molecule has 3 aromatic rings. The maximum Gasteiger partial charge on any atom is 0.258 e. The molecule has 0 radical (unpaired) electrons. The second-order valence-electron chi connectivity index (χ2n) is 5.08. The van der Waals surface area contributed by atoms with Gasteiger partial charge < -0.3 is 10.3 Å². The molecule has 116 valence electrons. The van der Waals surface area contributed by atoms with Crippen LogP contribution in [0.5, 0.6) is 0 Å². The zero-order valence-electron chi connectivity index (χ0n) is 12.2. The van der Waals surface area contributed by atoms with Crippen molar-refractivity contribution in [1.82, 2.24) is 9.97 Å². The van der Waals surface area contributed by atoms with Gasteiger partial charge in [0.2, 0.25) is 5.91 Å². The quantitative estimate of drug-likeness (QED) is 0.738. The minimum Gasteiger partial charge on any atom is -0.326 e. The Morgan fingerprint density at radius 1 is 1.13 bits per heavy atom. The first-order valence-electron chi connectivity index (χ1n) is 7.15. The Morgan fingerprint density at radius 3 is 2.65 bits per heavy atom. The number of benzene rings is 2. The number of aromatic nitrogens is 2. The van der Waals surface area contributed by atoms with Crippen LogP contribution in [0.2, 0.25) is 0 Å². The molecule has 0 bridgehead atoms. The Labute approximate surface area is 140 Å². The number of para-hydroxylation sites is 1. The van der Waals surface area contributed by atoms with Crippen LogP contribution in [0.25, 0.3) is 10.9 Å². The highest BCUT2D eigenvalue weighted by Crippen LogP contribution is 2.14. The summed E-state index contributed by atoms with van der Waals surface area (Å²) in [5.41, 5.74) is 1.19. The number of hydrogen-bond donors (Lipinski definition) is 2. The standard InChI is InChI=1S/C17H14BrN3O2/c18-11-5-7-12(8-6-11)19-16(22)10-9-15-20-14-4-2-1-3-13(14)17(23)21-15/h1-8H,9-10H2,(H,19,22)(H,20,21,23). The van der Waals surface area contributed by atoms with Gasteiger partial charge in [-0.15, -0.1) is 0 Å². The van der Waals surface area contributed by atoms with Crippen molar-refractivity contribution in [2.24, 2.45) is 0 Å². The molecule has 0 saturated heterocycles. The van der Waals surface area contributed by atoms with E-state index in [4.69, 9.17) is 0 Å². The first kappa shape index (κ1) is 15.4. The van der Waals surface area contributed by atoms with Crippen LogP contribution < -0.4 is 10.9 Å². The second kappa shape index (κ2) is 6.75. The number of H-pyrrole nitrogens is 1. The van der Waals surface area contributed by atoms with Gasteiger partial charge in [0.15, 0.2) is 0 Å². The number of carbonyl (C=O) groups is 1. The molecule has 1 heterocycles. The fourth-order valence-electron chi connectivity index (χ4n) is 2.24. The average molecular weight is 372 g/mol. The van der Waals surface area contributed by atoms with Crippen LogP contribution >= 0.6 is 15.9 Å². The van der Waals surface area contributed by atoms with Crippen molar-refractivity contribution in [1.29, 1.82) is 0 Å². The predicted molar refractivity (Wildman–Crippen MR) is 93.5 cm³/mol. The molecule has 2 aromatic carbocycles. The molecule has 0 unspecified atom stereocenters. The van der Waals surface area contributed by atoms with Gasteiger partial charge in [-0.2, -0.15) is 0 Å². The summed E-state index contributed by atoms with van der Waals surface area (Å²) in [5, 5.41) is 3.36.